The van der Waals surface area contributed by atoms with Crippen LogP contribution in [-0.4, -0.2) is 44.3 Å². The van der Waals surface area contributed by atoms with Gasteiger partial charge in [-0.3, -0.25) is 4.72 Å². The number of nitrogens with zero attached hydrogens (tertiary/aromatic N) is 1. The van der Waals surface area contributed by atoms with E-state index in [1.165, 1.54) is 18.3 Å². The Morgan fingerprint density at radius 1 is 1.06 bits per heavy atom. The highest BCUT2D eigenvalue weighted by atomic mass is 32.2. The van der Waals surface area contributed by atoms with Crippen molar-refractivity contribution in [3.63, 3.8) is 0 Å². The topological polar surface area (TPSA) is 127 Å². The Morgan fingerprint density at radius 3 is 2.44 bits per heavy atom. The van der Waals surface area contributed by atoms with Gasteiger partial charge in [0.1, 0.15) is 30.1 Å². The summed E-state index contributed by atoms with van der Waals surface area (Å²) >= 11 is 0. The van der Waals surface area contributed by atoms with Crippen molar-refractivity contribution in [3.05, 3.63) is 78.2 Å². The molecule has 3 rings (SSSR count). The number of hydrogen-bond donors (Lipinski definition) is 4. The monoisotopic (exact) mass is 460 g/mol. The molecule has 0 fully saturated rings. The molecule has 1 aromatic heterocycles. The van der Waals surface area contributed by atoms with Crippen LogP contribution in [0.2, 0.25) is 0 Å². The lowest BCUT2D eigenvalue weighted by Gasteiger charge is -2.13. The van der Waals surface area contributed by atoms with Crippen LogP contribution in [0.15, 0.2) is 71.8 Å². The maximum absolute atomic E-state index is 13.0. The van der Waals surface area contributed by atoms with Crippen LogP contribution in [-0.2, 0) is 16.4 Å². The van der Waals surface area contributed by atoms with Gasteiger partial charge in [-0.15, -0.1) is 0 Å². The molecule has 0 aliphatic carbocycles. The zero-order valence-electron chi connectivity index (χ0n) is 17.2. The molecule has 0 radical (unpaired) electrons. The first-order valence-corrected chi connectivity index (χ1v) is 11.4. The summed E-state index contributed by atoms with van der Waals surface area (Å²) in [6.07, 6.45) is 1.51. The van der Waals surface area contributed by atoms with E-state index >= 15 is 0 Å². The summed E-state index contributed by atoms with van der Waals surface area (Å²) in [6, 6.07) is 14.9. The summed E-state index contributed by atoms with van der Waals surface area (Å²) < 4.78 is 45.6. The van der Waals surface area contributed by atoms with E-state index in [1.807, 2.05) is 12.1 Å². The summed E-state index contributed by atoms with van der Waals surface area (Å²) in [5, 5.41) is 13.1. The van der Waals surface area contributed by atoms with Crippen LogP contribution in [0, 0.1) is 5.82 Å². The lowest BCUT2D eigenvalue weighted by Crippen LogP contribution is -2.32. The van der Waals surface area contributed by atoms with Crippen molar-refractivity contribution in [2.75, 3.05) is 30.2 Å². The predicted octanol–water partition coefficient (Wildman–Crippen LogP) is 2.18. The summed E-state index contributed by atoms with van der Waals surface area (Å²) in [6.45, 7) is 1.11. The maximum Gasteiger partial charge on any atom is 0.261 e. The summed E-state index contributed by atoms with van der Waals surface area (Å²) in [5.74, 6) is 0.437. The molecule has 5 N–H and O–H groups in total. The Morgan fingerprint density at radius 2 is 1.78 bits per heavy atom. The van der Waals surface area contributed by atoms with Gasteiger partial charge in [-0.05, 0) is 67.1 Å². The molecule has 0 aliphatic heterocycles. The maximum atomic E-state index is 13.0. The van der Waals surface area contributed by atoms with Gasteiger partial charge < -0.3 is 20.9 Å². The third-order valence-electron chi connectivity index (χ3n) is 4.50. The van der Waals surface area contributed by atoms with Gasteiger partial charge in [0.25, 0.3) is 10.0 Å². The van der Waals surface area contributed by atoms with Crippen LogP contribution in [0.5, 0.6) is 5.75 Å². The standard InChI is InChI=1S/C22H25FN4O4S/c23-17-3-8-21(9-4-17)32(29,30)27-18-5-1-16(2-6-18)11-12-25-13-19(28)15-31-20-7-10-22(24)26-14-20/h1-10,14,19,25,27-28H,11-13,15H2,(H2,24,26)/t19-/m0/s1. The van der Waals surface area contributed by atoms with Crippen LogP contribution in [0.1, 0.15) is 5.56 Å². The second-order valence-electron chi connectivity index (χ2n) is 7.09. The van der Waals surface area contributed by atoms with E-state index in [0.29, 0.717) is 36.8 Å². The number of rotatable bonds is 11. The zero-order valence-corrected chi connectivity index (χ0v) is 18.1. The number of benzene rings is 2. The fourth-order valence-corrected chi connectivity index (χ4v) is 3.86. The first-order chi connectivity index (χ1) is 15.3. The number of nitrogens with two attached hydrogens (primary N) is 1. The number of aliphatic hydroxyl groups is 1. The van der Waals surface area contributed by atoms with Gasteiger partial charge in [-0.25, -0.2) is 17.8 Å². The van der Waals surface area contributed by atoms with Gasteiger partial charge in [0.15, 0.2) is 0 Å². The molecule has 32 heavy (non-hydrogen) atoms. The van der Waals surface area contributed by atoms with Crippen molar-refractivity contribution >= 4 is 21.5 Å². The first kappa shape index (κ1) is 23.5. The van der Waals surface area contributed by atoms with Crippen LogP contribution in [0.3, 0.4) is 0 Å². The minimum atomic E-state index is -3.78. The molecule has 1 atom stereocenters. The second kappa shape index (κ2) is 10.9. The van der Waals surface area contributed by atoms with Crippen molar-refractivity contribution in [1.29, 1.82) is 0 Å². The third kappa shape index (κ3) is 7.19. The molecule has 0 spiro atoms. The number of nitrogens with one attached hydrogen (secondary N) is 2. The summed E-state index contributed by atoms with van der Waals surface area (Å²) in [5.41, 5.74) is 6.92. The minimum absolute atomic E-state index is 0.0117. The average Bonchev–Trinajstić information content (AvgIpc) is 2.77. The molecule has 2 aromatic carbocycles. The molecule has 0 saturated heterocycles. The van der Waals surface area contributed by atoms with Crippen LogP contribution in [0.25, 0.3) is 0 Å². The number of sulfonamides is 1. The van der Waals surface area contributed by atoms with Crippen LogP contribution < -0.4 is 20.5 Å². The Balaban J connectivity index is 1.39. The van der Waals surface area contributed by atoms with Gasteiger partial charge in [-0.2, -0.15) is 0 Å². The van der Waals surface area contributed by atoms with Gasteiger partial charge in [-0.1, -0.05) is 12.1 Å². The number of pyridine rings is 1. The molecule has 170 valence electrons. The molecular weight excluding hydrogens is 435 g/mol. The Bertz CT molecular complexity index is 1090. The first-order valence-electron chi connectivity index (χ1n) is 9.92. The molecule has 1 heterocycles. The zero-order chi connectivity index (χ0) is 23.0. The highest BCUT2D eigenvalue weighted by molar-refractivity contribution is 7.92. The van der Waals surface area contributed by atoms with Gasteiger partial charge in [0, 0.05) is 12.2 Å². The van der Waals surface area contributed by atoms with E-state index in [-0.39, 0.29) is 11.5 Å². The lowest BCUT2D eigenvalue weighted by atomic mass is 10.1. The minimum Gasteiger partial charge on any atom is -0.489 e. The van der Waals surface area contributed by atoms with E-state index < -0.39 is 21.9 Å². The highest BCUT2D eigenvalue weighted by Crippen LogP contribution is 2.17. The van der Waals surface area contributed by atoms with E-state index in [9.17, 15) is 17.9 Å². The lowest BCUT2D eigenvalue weighted by molar-refractivity contribution is 0.106. The highest BCUT2D eigenvalue weighted by Gasteiger charge is 2.14. The number of halogens is 1. The number of anilines is 2. The number of nitrogen functional groups attached to an aromatic ring is 1. The molecule has 0 unspecified atom stereocenters. The fourth-order valence-electron chi connectivity index (χ4n) is 2.80. The average molecular weight is 461 g/mol. The van der Waals surface area contributed by atoms with E-state index in [2.05, 4.69) is 15.0 Å². The molecule has 3 aromatic rings. The van der Waals surface area contributed by atoms with E-state index in [1.54, 1.807) is 24.3 Å². The van der Waals surface area contributed by atoms with Gasteiger partial charge in [0.05, 0.1) is 11.1 Å². The van der Waals surface area contributed by atoms with Crippen molar-refractivity contribution in [2.24, 2.45) is 0 Å². The second-order valence-corrected chi connectivity index (χ2v) is 8.78. The molecular formula is C22H25FN4O4S. The third-order valence-corrected chi connectivity index (χ3v) is 5.90. The van der Waals surface area contributed by atoms with Crippen molar-refractivity contribution in [1.82, 2.24) is 10.3 Å². The Labute approximate surface area is 186 Å². The van der Waals surface area contributed by atoms with E-state index in [4.69, 9.17) is 10.5 Å². The molecule has 0 amide bonds. The summed E-state index contributed by atoms with van der Waals surface area (Å²) in [4.78, 5) is 3.90. The summed E-state index contributed by atoms with van der Waals surface area (Å²) in [7, 11) is -3.78. The van der Waals surface area contributed by atoms with Gasteiger partial charge >= 0.3 is 0 Å². The smallest absolute Gasteiger partial charge is 0.261 e. The molecule has 10 heteroatoms. The number of aromatic nitrogens is 1. The Kier molecular flexibility index (Phi) is 7.98. The molecule has 8 nitrogen and oxygen atoms in total. The largest absolute Gasteiger partial charge is 0.489 e. The number of aliphatic hydroxyl groups excluding tert-OH is 1. The van der Waals surface area contributed by atoms with Crippen LogP contribution in [0.4, 0.5) is 15.9 Å². The Hall–Kier alpha value is -3.21. The molecule has 0 saturated carbocycles. The van der Waals surface area contributed by atoms with Gasteiger partial charge in [0.2, 0.25) is 0 Å². The van der Waals surface area contributed by atoms with E-state index in [0.717, 1.165) is 17.7 Å². The number of ether oxygens (including phenoxy) is 1. The molecule has 0 aliphatic rings. The van der Waals surface area contributed by atoms with Crippen LogP contribution >= 0.6 is 0 Å². The quantitative estimate of drug-likeness (QED) is 0.323. The number of hydrogen-bond acceptors (Lipinski definition) is 7. The predicted molar refractivity (Wildman–Crippen MR) is 120 cm³/mol. The van der Waals surface area contributed by atoms with Crippen molar-refractivity contribution < 1.29 is 22.7 Å². The van der Waals surface area contributed by atoms with Crippen molar-refractivity contribution in [2.45, 2.75) is 17.4 Å². The normalized spacial score (nSPS) is 12.3. The molecule has 0 bridgehead atoms. The van der Waals surface area contributed by atoms with Crippen molar-refractivity contribution in [3.8, 4) is 5.75 Å². The SMILES string of the molecule is Nc1ccc(OC[C@@H](O)CNCCc2ccc(NS(=O)(=O)c3ccc(F)cc3)cc2)cn1. The fraction of sp³-hybridized carbons (Fsp3) is 0.227.